The van der Waals surface area contributed by atoms with Crippen molar-refractivity contribution in [2.75, 3.05) is 13.1 Å². The van der Waals surface area contributed by atoms with Crippen LogP contribution in [0.4, 0.5) is 4.39 Å². The predicted octanol–water partition coefficient (Wildman–Crippen LogP) is 5.01. The van der Waals surface area contributed by atoms with Gasteiger partial charge in [-0.25, -0.2) is 4.39 Å². The Morgan fingerprint density at radius 2 is 1.88 bits per heavy atom. The molecule has 1 aliphatic heterocycles. The van der Waals surface area contributed by atoms with Crippen molar-refractivity contribution in [3.63, 3.8) is 0 Å². The van der Waals surface area contributed by atoms with Crippen LogP contribution >= 0.6 is 11.8 Å². The van der Waals surface area contributed by atoms with E-state index in [9.17, 15) is 9.18 Å². The largest absolute Gasteiger partial charge is 0.349 e. The maximum Gasteiger partial charge on any atom is 0.227 e. The third kappa shape index (κ3) is 3.63. The van der Waals surface area contributed by atoms with Gasteiger partial charge in [0.1, 0.15) is 5.82 Å². The number of fused-ring (bicyclic) bond motifs is 1. The Balaban J connectivity index is 1.66. The quantitative estimate of drug-likeness (QED) is 0.702. The number of para-hydroxylation sites is 1. The lowest BCUT2D eigenvalue weighted by Gasteiger charge is -2.26. The number of aromatic amines is 1. The SMILES string of the molecule is O=C(Cc1c(Sc2cccc(F)c2)[nH]c2ccccc12)N1CCCCC1. The summed E-state index contributed by atoms with van der Waals surface area (Å²) in [4.78, 5) is 19.0. The van der Waals surface area contributed by atoms with Crippen LogP contribution in [0.25, 0.3) is 10.9 Å². The lowest BCUT2D eigenvalue weighted by atomic mass is 10.1. The lowest BCUT2D eigenvalue weighted by Crippen LogP contribution is -2.36. The third-order valence-corrected chi connectivity index (χ3v) is 5.87. The first-order valence-electron chi connectivity index (χ1n) is 9.01. The highest BCUT2D eigenvalue weighted by atomic mass is 32.2. The van der Waals surface area contributed by atoms with Crippen LogP contribution in [0.2, 0.25) is 0 Å². The van der Waals surface area contributed by atoms with E-state index < -0.39 is 0 Å². The molecule has 1 aromatic heterocycles. The number of amides is 1. The average Bonchev–Trinajstić information content (AvgIpc) is 3.00. The molecular formula is C21H21FN2OS. The summed E-state index contributed by atoms with van der Waals surface area (Å²) in [6.45, 7) is 1.71. The summed E-state index contributed by atoms with van der Waals surface area (Å²) in [5, 5.41) is 1.99. The van der Waals surface area contributed by atoms with Crippen molar-refractivity contribution in [2.24, 2.45) is 0 Å². The molecule has 4 rings (SSSR count). The van der Waals surface area contributed by atoms with Crippen molar-refractivity contribution < 1.29 is 9.18 Å². The van der Waals surface area contributed by atoms with Crippen LogP contribution in [-0.2, 0) is 11.2 Å². The number of rotatable bonds is 4. The molecule has 0 spiro atoms. The Labute approximate surface area is 156 Å². The smallest absolute Gasteiger partial charge is 0.227 e. The fourth-order valence-electron chi connectivity index (χ4n) is 3.49. The number of nitrogens with one attached hydrogen (secondary N) is 1. The number of benzene rings is 2. The van der Waals surface area contributed by atoms with E-state index in [-0.39, 0.29) is 11.7 Å². The molecule has 0 atom stereocenters. The Kier molecular flexibility index (Phi) is 4.98. The molecule has 3 aromatic rings. The van der Waals surface area contributed by atoms with Crippen molar-refractivity contribution in [2.45, 2.75) is 35.6 Å². The molecule has 5 heteroatoms. The molecule has 26 heavy (non-hydrogen) atoms. The van der Waals surface area contributed by atoms with Crippen LogP contribution in [0.1, 0.15) is 24.8 Å². The number of carbonyl (C=O) groups is 1. The number of likely N-dealkylation sites (tertiary alicyclic amines) is 1. The zero-order chi connectivity index (χ0) is 17.9. The van der Waals surface area contributed by atoms with Crippen LogP contribution < -0.4 is 0 Å². The molecule has 1 fully saturated rings. The van der Waals surface area contributed by atoms with Crippen LogP contribution in [0, 0.1) is 5.82 Å². The molecule has 0 unspecified atom stereocenters. The van der Waals surface area contributed by atoms with Gasteiger partial charge in [0.2, 0.25) is 5.91 Å². The first-order chi connectivity index (χ1) is 12.7. The summed E-state index contributed by atoms with van der Waals surface area (Å²) in [5.41, 5.74) is 2.01. The Morgan fingerprint density at radius 1 is 1.08 bits per heavy atom. The van der Waals surface area contributed by atoms with E-state index in [0.29, 0.717) is 6.42 Å². The van der Waals surface area contributed by atoms with Gasteiger partial charge in [0, 0.05) is 34.5 Å². The van der Waals surface area contributed by atoms with E-state index in [4.69, 9.17) is 0 Å². The summed E-state index contributed by atoms with van der Waals surface area (Å²) >= 11 is 1.48. The molecule has 0 aliphatic carbocycles. The van der Waals surface area contributed by atoms with Gasteiger partial charge in [-0.2, -0.15) is 0 Å². The molecule has 134 valence electrons. The number of nitrogens with zero attached hydrogens (tertiary/aromatic N) is 1. The first-order valence-corrected chi connectivity index (χ1v) is 9.83. The number of piperidine rings is 1. The predicted molar refractivity (Wildman–Crippen MR) is 103 cm³/mol. The molecule has 1 saturated heterocycles. The minimum absolute atomic E-state index is 0.176. The van der Waals surface area contributed by atoms with Crippen LogP contribution in [0.3, 0.4) is 0 Å². The van der Waals surface area contributed by atoms with Crippen LogP contribution in [0.5, 0.6) is 0 Å². The Morgan fingerprint density at radius 3 is 2.69 bits per heavy atom. The van der Waals surface area contributed by atoms with Gasteiger partial charge < -0.3 is 9.88 Å². The fourth-order valence-corrected chi connectivity index (χ4v) is 4.51. The van der Waals surface area contributed by atoms with Crippen molar-refractivity contribution in [3.8, 4) is 0 Å². The second-order valence-corrected chi connectivity index (χ2v) is 7.74. The summed E-state index contributed by atoms with van der Waals surface area (Å²) in [5.74, 6) is -0.0763. The zero-order valence-corrected chi connectivity index (χ0v) is 15.3. The first kappa shape index (κ1) is 17.2. The third-order valence-electron chi connectivity index (χ3n) is 4.83. The van der Waals surface area contributed by atoms with Gasteiger partial charge in [-0.05, 0) is 43.5 Å². The molecule has 1 aliphatic rings. The molecule has 1 N–H and O–H groups in total. The lowest BCUT2D eigenvalue weighted by molar-refractivity contribution is -0.131. The number of halogens is 1. The molecule has 1 amide bonds. The second-order valence-electron chi connectivity index (χ2n) is 6.66. The number of hydrogen-bond donors (Lipinski definition) is 1. The van der Waals surface area contributed by atoms with Crippen molar-refractivity contribution >= 4 is 28.6 Å². The summed E-state index contributed by atoms with van der Waals surface area (Å²) in [6, 6.07) is 14.6. The van der Waals surface area contributed by atoms with E-state index in [1.54, 1.807) is 6.07 Å². The van der Waals surface area contributed by atoms with Gasteiger partial charge >= 0.3 is 0 Å². The van der Waals surface area contributed by atoms with Gasteiger partial charge in [0.05, 0.1) is 11.4 Å². The fraction of sp³-hybridized carbons (Fsp3) is 0.286. The zero-order valence-electron chi connectivity index (χ0n) is 14.5. The van der Waals surface area contributed by atoms with Gasteiger partial charge in [-0.1, -0.05) is 36.0 Å². The normalized spacial score (nSPS) is 14.7. The highest BCUT2D eigenvalue weighted by Crippen LogP contribution is 2.35. The maximum absolute atomic E-state index is 13.5. The maximum atomic E-state index is 13.5. The standard InChI is InChI=1S/C21H21FN2OS/c22-15-7-6-8-16(13-15)26-21-18(17-9-2-3-10-19(17)23-21)14-20(25)24-11-4-1-5-12-24/h2-3,6-10,13,23H,1,4-5,11-12,14H2. The summed E-state index contributed by atoms with van der Waals surface area (Å²) in [6.07, 6.45) is 3.76. The highest BCUT2D eigenvalue weighted by molar-refractivity contribution is 7.99. The average molecular weight is 368 g/mol. The van der Waals surface area contributed by atoms with Crippen LogP contribution in [0.15, 0.2) is 58.5 Å². The Bertz CT molecular complexity index is 931. The van der Waals surface area contributed by atoms with E-state index in [0.717, 1.165) is 52.3 Å². The minimum Gasteiger partial charge on any atom is -0.349 e. The molecular weight excluding hydrogens is 347 g/mol. The van der Waals surface area contributed by atoms with E-state index in [2.05, 4.69) is 4.98 Å². The van der Waals surface area contributed by atoms with E-state index in [1.165, 1.54) is 30.3 Å². The second kappa shape index (κ2) is 7.54. The molecule has 0 radical (unpaired) electrons. The number of hydrogen-bond acceptors (Lipinski definition) is 2. The minimum atomic E-state index is -0.253. The van der Waals surface area contributed by atoms with Gasteiger partial charge in [-0.3, -0.25) is 4.79 Å². The summed E-state index contributed by atoms with van der Waals surface area (Å²) < 4.78 is 13.5. The molecule has 3 nitrogen and oxygen atoms in total. The highest BCUT2D eigenvalue weighted by Gasteiger charge is 2.21. The molecule has 0 saturated carbocycles. The molecule has 2 aromatic carbocycles. The number of aromatic nitrogens is 1. The summed E-state index contributed by atoms with van der Waals surface area (Å²) in [7, 11) is 0. The molecule has 2 heterocycles. The van der Waals surface area contributed by atoms with Gasteiger partial charge in [0.15, 0.2) is 0 Å². The van der Waals surface area contributed by atoms with Crippen molar-refractivity contribution in [1.82, 2.24) is 9.88 Å². The topological polar surface area (TPSA) is 36.1 Å². The number of carbonyl (C=O) groups excluding carboxylic acids is 1. The number of H-pyrrole nitrogens is 1. The van der Waals surface area contributed by atoms with Gasteiger partial charge in [0.25, 0.3) is 0 Å². The van der Waals surface area contributed by atoms with E-state index in [1.807, 2.05) is 35.2 Å². The molecule has 0 bridgehead atoms. The van der Waals surface area contributed by atoms with Crippen molar-refractivity contribution in [1.29, 1.82) is 0 Å². The van der Waals surface area contributed by atoms with Crippen LogP contribution in [-0.4, -0.2) is 28.9 Å². The van der Waals surface area contributed by atoms with Gasteiger partial charge in [-0.15, -0.1) is 0 Å². The van der Waals surface area contributed by atoms with E-state index >= 15 is 0 Å². The Hall–Kier alpha value is -2.27. The monoisotopic (exact) mass is 368 g/mol. The van der Waals surface area contributed by atoms with Crippen molar-refractivity contribution in [3.05, 3.63) is 59.9 Å².